The van der Waals surface area contributed by atoms with Gasteiger partial charge >= 0.3 is 5.97 Å². The lowest BCUT2D eigenvalue weighted by Crippen LogP contribution is -2.17. The van der Waals surface area contributed by atoms with Crippen LogP contribution in [-0.2, 0) is 9.53 Å². The Hall–Kier alpha value is -1.69. The van der Waals surface area contributed by atoms with Crippen molar-refractivity contribution < 1.29 is 9.53 Å². The van der Waals surface area contributed by atoms with Gasteiger partial charge in [-0.05, 0) is 38.7 Å². The highest BCUT2D eigenvalue weighted by molar-refractivity contribution is 7.18. The van der Waals surface area contributed by atoms with E-state index in [0.29, 0.717) is 28.4 Å². The number of hydrogen-bond acceptors (Lipinski definition) is 5. The number of aromatic amines is 1. The van der Waals surface area contributed by atoms with Crippen molar-refractivity contribution in [3.05, 3.63) is 26.6 Å². The van der Waals surface area contributed by atoms with Gasteiger partial charge in [0, 0.05) is 11.3 Å². The minimum Gasteiger partial charge on any atom is -0.454 e. The average molecular weight is 348 g/mol. The summed E-state index contributed by atoms with van der Waals surface area (Å²) in [5.74, 6) is 0.873. The third-order valence-corrected chi connectivity index (χ3v) is 6.08. The molecule has 1 aliphatic rings. The third kappa shape index (κ3) is 3.53. The Labute approximate surface area is 145 Å². The number of nitrogens with one attached hydrogen (secondary N) is 1. The van der Waals surface area contributed by atoms with Crippen molar-refractivity contribution in [2.75, 3.05) is 0 Å². The molecule has 2 aromatic heterocycles. The third-order valence-electron chi connectivity index (χ3n) is 4.98. The molecule has 6 heteroatoms. The van der Waals surface area contributed by atoms with Gasteiger partial charge in [0.15, 0.2) is 11.9 Å². The van der Waals surface area contributed by atoms with Gasteiger partial charge in [0.05, 0.1) is 5.39 Å². The Balaban J connectivity index is 1.68. The normalized spacial score (nSPS) is 16.6. The molecule has 0 saturated heterocycles. The maximum Gasteiger partial charge on any atom is 0.306 e. The average Bonchev–Trinajstić information content (AvgIpc) is 3.14. The van der Waals surface area contributed by atoms with Gasteiger partial charge in [0.25, 0.3) is 5.56 Å². The van der Waals surface area contributed by atoms with Crippen LogP contribution in [-0.4, -0.2) is 15.9 Å². The summed E-state index contributed by atoms with van der Waals surface area (Å²) in [5.41, 5.74) is 0.808. The van der Waals surface area contributed by atoms with Crippen molar-refractivity contribution in [1.82, 2.24) is 9.97 Å². The van der Waals surface area contributed by atoms with E-state index in [4.69, 9.17) is 4.74 Å². The summed E-state index contributed by atoms with van der Waals surface area (Å²) < 4.78 is 5.47. The minimum atomic E-state index is -0.541. The second-order valence-electron chi connectivity index (χ2n) is 6.74. The van der Waals surface area contributed by atoms with Gasteiger partial charge in [0.2, 0.25) is 0 Å². The Kier molecular flexibility index (Phi) is 5.04. The first-order valence-electron chi connectivity index (χ1n) is 8.65. The number of hydrogen-bond donors (Lipinski definition) is 1. The molecule has 1 saturated carbocycles. The highest BCUT2D eigenvalue weighted by atomic mass is 32.1. The van der Waals surface area contributed by atoms with Gasteiger partial charge in [-0.25, -0.2) is 4.98 Å². The predicted octanol–water partition coefficient (Wildman–Crippen LogP) is 4.18. The highest BCUT2D eigenvalue weighted by Crippen LogP contribution is 2.29. The van der Waals surface area contributed by atoms with Crippen LogP contribution < -0.4 is 5.56 Å². The van der Waals surface area contributed by atoms with Crippen molar-refractivity contribution in [2.24, 2.45) is 5.92 Å². The topological polar surface area (TPSA) is 72.0 Å². The van der Waals surface area contributed by atoms with Crippen LogP contribution in [0.25, 0.3) is 10.2 Å². The van der Waals surface area contributed by atoms with E-state index in [1.807, 2.05) is 13.8 Å². The van der Waals surface area contributed by atoms with E-state index < -0.39 is 6.10 Å². The van der Waals surface area contributed by atoms with E-state index in [9.17, 15) is 9.59 Å². The molecule has 0 unspecified atom stereocenters. The number of aryl methyl sites for hydroxylation is 2. The van der Waals surface area contributed by atoms with E-state index in [1.54, 1.807) is 6.92 Å². The van der Waals surface area contributed by atoms with Gasteiger partial charge in [-0.3, -0.25) is 9.59 Å². The van der Waals surface area contributed by atoms with Crippen LogP contribution in [0.1, 0.15) is 67.8 Å². The molecular weight excluding hydrogens is 324 g/mol. The molecule has 0 aromatic carbocycles. The molecule has 0 spiro atoms. The number of rotatable bonds is 5. The van der Waals surface area contributed by atoms with Crippen molar-refractivity contribution in [1.29, 1.82) is 0 Å². The molecule has 24 heavy (non-hydrogen) atoms. The monoisotopic (exact) mass is 348 g/mol. The van der Waals surface area contributed by atoms with E-state index >= 15 is 0 Å². The molecule has 130 valence electrons. The number of aromatic nitrogens is 2. The molecular formula is C18H24N2O3S. The summed E-state index contributed by atoms with van der Waals surface area (Å²) >= 11 is 1.50. The predicted molar refractivity (Wildman–Crippen MR) is 95.4 cm³/mol. The van der Waals surface area contributed by atoms with Crippen molar-refractivity contribution >= 4 is 27.5 Å². The van der Waals surface area contributed by atoms with Gasteiger partial charge in [-0.15, -0.1) is 11.3 Å². The fourth-order valence-corrected chi connectivity index (χ4v) is 4.43. The summed E-state index contributed by atoms with van der Waals surface area (Å²) in [6.07, 6.45) is 5.82. The van der Waals surface area contributed by atoms with Gasteiger partial charge in [-0.1, -0.05) is 25.7 Å². The van der Waals surface area contributed by atoms with E-state index in [1.165, 1.54) is 37.0 Å². The zero-order valence-corrected chi connectivity index (χ0v) is 15.3. The van der Waals surface area contributed by atoms with Crippen LogP contribution in [0.2, 0.25) is 0 Å². The van der Waals surface area contributed by atoms with Gasteiger partial charge < -0.3 is 9.72 Å². The molecule has 2 aromatic rings. The fourth-order valence-electron chi connectivity index (χ4n) is 3.40. The number of carbonyl (C=O) groups excluding carboxylic acids is 1. The molecule has 0 aliphatic heterocycles. The summed E-state index contributed by atoms with van der Waals surface area (Å²) in [5, 5.41) is 0.640. The smallest absolute Gasteiger partial charge is 0.306 e. The zero-order valence-electron chi connectivity index (χ0n) is 14.5. The largest absolute Gasteiger partial charge is 0.454 e. The number of esters is 1. The van der Waals surface area contributed by atoms with Gasteiger partial charge in [-0.2, -0.15) is 0 Å². The second kappa shape index (κ2) is 7.05. The lowest BCUT2D eigenvalue weighted by Gasteiger charge is -2.13. The number of fused-ring (bicyclic) bond motifs is 1. The first-order valence-corrected chi connectivity index (χ1v) is 9.46. The van der Waals surface area contributed by atoms with Crippen molar-refractivity contribution in [2.45, 2.75) is 65.4 Å². The molecule has 0 bridgehead atoms. The molecule has 1 fully saturated rings. The zero-order chi connectivity index (χ0) is 17.3. The lowest BCUT2D eigenvalue weighted by molar-refractivity contribution is -0.149. The Morgan fingerprint density at radius 1 is 1.38 bits per heavy atom. The first kappa shape index (κ1) is 17.1. The summed E-state index contributed by atoms with van der Waals surface area (Å²) in [6.45, 7) is 5.66. The van der Waals surface area contributed by atoms with E-state index in [-0.39, 0.29) is 11.5 Å². The summed E-state index contributed by atoms with van der Waals surface area (Å²) in [7, 11) is 0. The molecule has 1 aliphatic carbocycles. The quantitative estimate of drug-likeness (QED) is 0.823. The molecule has 3 rings (SSSR count). The second-order valence-corrected chi connectivity index (χ2v) is 7.94. The van der Waals surface area contributed by atoms with Crippen molar-refractivity contribution in [3.8, 4) is 0 Å². The van der Waals surface area contributed by atoms with Crippen LogP contribution in [0, 0.1) is 19.8 Å². The highest BCUT2D eigenvalue weighted by Gasteiger charge is 2.20. The molecule has 0 amide bonds. The Bertz CT molecular complexity index is 802. The molecule has 0 radical (unpaired) electrons. The number of H-pyrrole nitrogens is 1. The maximum atomic E-state index is 12.3. The number of thiophene rings is 1. The summed E-state index contributed by atoms with van der Waals surface area (Å²) in [6, 6.07) is 0. The van der Waals surface area contributed by atoms with E-state index in [2.05, 4.69) is 9.97 Å². The van der Waals surface area contributed by atoms with Crippen LogP contribution in [0.3, 0.4) is 0 Å². The van der Waals surface area contributed by atoms with Crippen LogP contribution in [0.15, 0.2) is 4.79 Å². The van der Waals surface area contributed by atoms with Crippen LogP contribution in [0.5, 0.6) is 0 Å². The Morgan fingerprint density at radius 3 is 2.79 bits per heavy atom. The number of carbonyl (C=O) groups is 1. The maximum absolute atomic E-state index is 12.3. The SMILES string of the molecule is Cc1sc2nc([C@@H](C)OC(=O)CCC3CCCC3)[nH]c(=O)c2c1C. The molecule has 1 atom stereocenters. The van der Waals surface area contributed by atoms with Gasteiger partial charge in [0.1, 0.15) is 4.83 Å². The molecule has 5 nitrogen and oxygen atoms in total. The Morgan fingerprint density at radius 2 is 2.08 bits per heavy atom. The van der Waals surface area contributed by atoms with Crippen LogP contribution >= 0.6 is 11.3 Å². The van der Waals surface area contributed by atoms with Crippen molar-refractivity contribution in [3.63, 3.8) is 0 Å². The van der Waals surface area contributed by atoms with Crippen LogP contribution in [0.4, 0.5) is 0 Å². The first-order chi connectivity index (χ1) is 11.5. The lowest BCUT2D eigenvalue weighted by atomic mass is 10.0. The number of ether oxygens (including phenoxy) is 1. The fraction of sp³-hybridized carbons (Fsp3) is 0.611. The molecule has 1 N–H and O–H groups in total. The van der Waals surface area contributed by atoms with E-state index in [0.717, 1.165) is 16.9 Å². The minimum absolute atomic E-state index is 0.161. The summed E-state index contributed by atoms with van der Waals surface area (Å²) in [4.78, 5) is 33.4. The molecule has 2 heterocycles. The standard InChI is InChI=1S/C18H24N2O3S/c1-10-12(3)24-18-15(10)17(22)19-16(20-18)11(2)23-14(21)9-8-13-6-4-5-7-13/h11,13H,4-9H2,1-3H3,(H,19,20,22)/t11-/m1/s1. The number of nitrogens with zero attached hydrogens (tertiary/aromatic N) is 1.